The van der Waals surface area contributed by atoms with Crippen LogP contribution in [0.15, 0.2) is 29.4 Å². The fourth-order valence-corrected chi connectivity index (χ4v) is 4.19. The Kier molecular flexibility index (Phi) is 6.19. The summed E-state index contributed by atoms with van der Waals surface area (Å²) in [7, 11) is 0. The number of hydrogen-bond donors (Lipinski definition) is 1. The minimum absolute atomic E-state index is 0.0829. The molecule has 2 aliphatic heterocycles. The van der Waals surface area contributed by atoms with Crippen LogP contribution < -0.4 is 5.32 Å². The van der Waals surface area contributed by atoms with Crippen molar-refractivity contribution in [2.24, 2.45) is 16.4 Å². The second kappa shape index (κ2) is 8.26. The Morgan fingerprint density at radius 1 is 1.16 bits per heavy atom. The molecule has 31 heavy (non-hydrogen) atoms. The van der Waals surface area contributed by atoms with E-state index >= 15 is 0 Å². The molecule has 0 radical (unpaired) electrons. The van der Waals surface area contributed by atoms with Crippen molar-refractivity contribution >= 4 is 17.4 Å². The van der Waals surface area contributed by atoms with Crippen molar-refractivity contribution < 1.29 is 22.8 Å². The number of amides is 1. The van der Waals surface area contributed by atoms with Crippen LogP contribution in [0.4, 0.5) is 13.2 Å². The molecule has 1 N–H and O–H groups in total. The molecule has 1 amide bonds. The average Bonchev–Trinajstić information content (AvgIpc) is 3.20. The zero-order chi connectivity index (χ0) is 23.1. The van der Waals surface area contributed by atoms with Gasteiger partial charge < -0.3 is 5.32 Å². The second-order valence-electron chi connectivity index (χ2n) is 9.48. The summed E-state index contributed by atoms with van der Waals surface area (Å²) in [6.45, 7) is 10.7. The van der Waals surface area contributed by atoms with Gasteiger partial charge in [-0.1, -0.05) is 45.0 Å². The highest BCUT2D eigenvalue weighted by Crippen LogP contribution is 2.37. The number of hydrogen-bond acceptors (Lipinski definition) is 5. The van der Waals surface area contributed by atoms with Crippen LogP contribution in [-0.4, -0.2) is 59.3 Å². The fourth-order valence-electron chi connectivity index (χ4n) is 4.19. The van der Waals surface area contributed by atoms with E-state index in [0.717, 1.165) is 0 Å². The van der Waals surface area contributed by atoms with E-state index < -0.39 is 35.9 Å². The number of hydrazone groups is 1. The predicted octanol–water partition coefficient (Wildman–Crippen LogP) is 3.60. The lowest BCUT2D eigenvalue weighted by atomic mass is 9.93. The molecule has 2 aliphatic rings. The van der Waals surface area contributed by atoms with Gasteiger partial charge in [0.2, 0.25) is 5.91 Å². The minimum atomic E-state index is -4.69. The molecule has 0 saturated carbocycles. The maximum atomic E-state index is 13.7. The van der Waals surface area contributed by atoms with Crippen molar-refractivity contribution in [1.82, 2.24) is 15.2 Å². The number of halogens is 3. The quantitative estimate of drug-likeness (QED) is 0.714. The molecule has 0 spiro atoms. The number of Topliss-reactive ketones (excluding diaryl/α,β-unsaturated/α-hetero) is 1. The van der Waals surface area contributed by atoms with Crippen molar-refractivity contribution in [1.29, 1.82) is 0 Å². The maximum absolute atomic E-state index is 13.7. The molecule has 0 aromatic heterocycles. The largest absolute Gasteiger partial charge is 0.432 e. The average molecular weight is 438 g/mol. The topological polar surface area (TPSA) is 65.0 Å². The monoisotopic (exact) mass is 438 g/mol. The molecule has 170 valence electrons. The van der Waals surface area contributed by atoms with E-state index in [-0.39, 0.29) is 11.2 Å². The molecule has 0 bridgehead atoms. The molecule has 2 unspecified atom stereocenters. The summed E-state index contributed by atoms with van der Waals surface area (Å²) < 4.78 is 41.2. The lowest BCUT2D eigenvalue weighted by molar-refractivity contribution is -0.128. The summed E-state index contributed by atoms with van der Waals surface area (Å²) in [5.41, 5.74) is 0.0532. The fraction of sp³-hybridized carbons (Fsp3) is 0.591. The number of fused-ring (bicyclic) bond motifs is 1. The molecule has 3 rings (SSSR count). The van der Waals surface area contributed by atoms with E-state index in [4.69, 9.17) is 0 Å². The molecule has 2 heterocycles. The summed E-state index contributed by atoms with van der Waals surface area (Å²) in [5, 5.41) is 7.92. The van der Waals surface area contributed by atoms with Gasteiger partial charge in [0.1, 0.15) is 12.1 Å². The van der Waals surface area contributed by atoms with Crippen LogP contribution in [0.3, 0.4) is 0 Å². The Morgan fingerprint density at radius 3 is 2.29 bits per heavy atom. The van der Waals surface area contributed by atoms with Gasteiger partial charge in [-0.15, -0.1) is 0 Å². The van der Waals surface area contributed by atoms with E-state index in [0.29, 0.717) is 30.8 Å². The van der Waals surface area contributed by atoms with Crippen molar-refractivity contribution in [2.45, 2.75) is 53.0 Å². The molecule has 0 aliphatic carbocycles. The number of nitrogens with one attached hydrogen (secondary N) is 1. The van der Waals surface area contributed by atoms with E-state index in [1.54, 1.807) is 31.2 Å². The molecule has 1 aromatic carbocycles. The molecule has 9 heteroatoms. The van der Waals surface area contributed by atoms with Crippen molar-refractivity contribution in [3.8, 4) is 0 Å². The first-order valence-electron chi connectivity index (χ1n) is 10.4. The van der Waals surface area contributed by atoms with Crippen LogP contribution in [0, 0.1) is 11.3 Å². The van der Waals surface area contributed by atoms with E-state index in [9.17, 15) is 22.8 Å². The molecule has 1 fully saturated rings. The summed E-state index contributed by atoms with van der Waals surface area (Å²) in [5.74, 6) is -2.21. The first kappa shape index (κ1) is 23.2. The third-order valence-electron chi connectivity index (χ3n) is 5.55. The lowest BCUT2D eigenvalue weighted by Crippen LogP contribution is -2.52. The smallest absolute Gasteiger partial charge is 0.349 e. The van der Waals surface area contributed by atoms with Gasteiger partial charge in [0, 0.05) is 18.7 Å². The zero-order valence-corrected chi connectivity index (χ0v) is 18.5. The number of carbonyl (C=O) groups excluding carboxylic acids is 2. The zero-order valence-electron chi connectivity index (χ0n) is 18.5. The highest BCUT2D eigenvalue weighted by atomic mass is 19.4. The van der Waals surface area contributed by atoms with Crippen LogP contribution >= 0.6 is 0 Å². The highest BCUT2D eigenvalue weighted by Gasteiger charge is 2.56. The Morgan fingerprint density at radius 2 is 1.77 bits per heavy atom. The Bertz CT molecular complexity index is 874. The number of ketones is 1. The Hall–Kier alpha value is -2.42. The number of nitrogens with zero attached hydrogens (tertiary/aromatic N) is 3. The minimum Gasteiger partial charge on any atom is -0.349 e. The summed E-state index contributed by atoms with van der Waals surface area (Å²) in [6, 6.07) is 6.16. The van der Waals surface area contributed by atoms with E-state index in [1.165, 1.54) is 11.9 Å². The number of benzene rings is 1. The standard InChI is InChI=1S/C22H29F3N4O2/c1-13(15-6-8-16(9-7-15)14(2)30)26-19(31)17-18(22(23,24)25)27-29-11-10-28(20(17)29)12-21(3,4)5/h6-9,13,17,20H,10-12H2,1-5H3,(H,26,31)/t13-,17?,20?/m0/s1. The summed E-state index contributed by atoms with van der Waals surface area (Å²) in [4.78, 5) is 26.5. The maximum Gasteiger partial charge on any atom is 0.432 e. The van der Waals surface area contributed by atoms with Crippen LogP contribution in [0.25, 0.3) is 0 Å². The van der Waals surface area contributed by atoms with Gasteiger partial charge in [0.15, 0.2) is 11.5 Å². The van der Waals surface area contributed by atoms with Crippen LogP contribution in [0.2, 0.25) is 0 Å². The summed E-state index contributed by atoms with van der Waals surface area (Å²) in [6.07, 6.45) is -5.44. The normalized spacial score (nSPS) is 22.8. The van der Waals surface area contributed by atoms with E-state index in [2.05, 4.69) is 10.4 Å². The molecule has 6 nitrogen and oxygen atoms in total. The van der Waals surface area contributed by atoms with Gasteiger partial charge in [-0.2, -0.15) is 18.3 Å². The first-order chi connectivity index (χ1) is 14.3. The Balaban J connectivity index is 1.83. The number of alkyl halides is 3. The van der Waals surface area contributed by atoms with Gasteiger partial charge in [-0.05, 0) is 24.8 Å². The van der Waals surface area contributed by atoms with Crippen LogP contribution in [-0.2, 0) is 4.79 Å². The van der Waals surface area contributed by atoms with Crippen LogP contribution in [0.5, 0.6) is 0 Å². The number of carbonyl (C=O) groups is 2. The van der Waals surface area contributed by atoms with Crippen molar-refractivity contribution in [3.05, 3.63) is 35.4 Å². The number of rotatable bonds is 5. The van der Waals surface area contributed by atoms with Gasteiger partial charge in [0.25, 0.3) is 0 Å². The van der Waals surface area contributed by atoms with Gasteiger partial charge >= 0.3 is 6.18 Å². The lowest BCUT2D eigenvalue weighted by Gasteiger charge is -2.33. The third-order valence-corrected chi connectivity index (χ3v) is 5.55. The van der Waals surface area contributed by atoms with Crippen molar-refractivity contribution in [2.75, 3.05) is 19.6 Å². The highest BCUT2D eigenvalue weighted by molar-refractivity contribution is 6.08. The molecular weight excluding hydrogens is 409 g/mol. The van der Waals surface area contributed by atoms with E-state index in [1.807, 2.05) is 25.7 Å². The van der Waals surface area contributed by atoms with Gasteiger partial charge in [-0.25, -0.2) is 0 Å². The molecule has 1 saturated heterocycles. The molecule has 1 aromatic rings. The third kappa shape index (κ3) is 5.08. The first-order valence-corrected chi connectivity index (χ1v) is 10.4. The molecule has 3 atom stereocenters. The van der Waals surface area contributed by atoms with Gasteiger partial charge in [-0.3, -0.25) is 19.5 Å². The van der Waals surface area contributed by atoms with Crippen LogP contribution in [0.1, 0.15) is 56.6 Å². The van der Waals surface area contributed by atoms with Crippen molar-refractivity contribution in [3.63, 3.8) is 0 Å². The second-order valence-corrected chi connectivity index (χ2v) is 9.48. The SMILES string of the molecule is CC(=O)c1ccc([C@H](C)NC(=O)C2C(C(F)(F)F)=NN3CCN(CC(C)(C)C)C23)cc1. The predicted molar refractivity (Wildman–Crippen MR) is 112 cm³/mol. The van der Waals surface area contributed by atoms with Gasteiger partial charge in [0.05, 0.1) is 12.6 Å². The molecular formula is C22H29F3N4O2. The summed E-state index contributed by atoms with van der Waals surface area (Å²) >= 11 is 0. The Labute approximate surface area is 180 Å².